The van der Waals surface area contributed by atoms with Crippen molar-refractivity contribution in [1.82, 2.24) is 0 Å². The van der Waals surface area contributed by atoms with E-state index in [-0.39, 0.29) is 0 Å². The molecule has 0 saturated heterocycles. The molecule has 0 unspecified atom stereocenters. The Balaban J connectivity index is 2.86. The second-order valence-corrected chi connectivity index (χ2v) is 2.88. The fraction of sp³-hybridized carbons (Fsp3) is 0.273. The zero-order chi connectivity index (χ0) is 9.68. The molecule has 0 aliphatic heterocycles. The molecule has 0 N–H and O–H groups in total. The molecule has 68 valence electrons. The predicted molar refractivity (Wildman–Crippen MR) is 51.3 cm³/mol. The average molecular weight is 176 g/mol. The zero-order valence-corrected chi connectivity index (χ0v) is 7.62. The number of Topliss-reactive ketones (excluding diaryl/α,β-unsaturated/α-hetero) is 1. The Kier molecular flexibility index (Phi) is 3.38. The third kappa shape index (κ3) is 2.51. The highest BCUT2D eigenvalue weighted by molar-refractivity contribution is 6.33. The minimum atomic E-state index is -0.418. The molecular formula is C11H12O2. The van der Waals surface area contributed by atoms with Crippen LogP contribution < -0.4 is 0 Å². The summed E-state index contributed by atoms with van der Waals surface area (Å²) in [5.74, 6) is -0.418. The first-order chi connectivity index (χ1) is 6.27. The predicted octanol–water partition coefficient (Wildman–Crippen LogP) is 1.98. The van der Waals surface area contributed by atoms with E-state index in [1.807, 2.05) is 18.2 Å². The van der Waals surface area contributed by atoms with Gasteiger partial charge in [-0.25, -0.2) is 0 Å². The van der Waals surface area contributed by atoms with E-state index in [0.717, 1.165) is 6.42 Å². The number of carbonyl (C=O) groups excluding carboxylic acids is 2. The lowest BCUT2D eigenvalue weighted by molar-refractivity contribution is -0.127. The van der Waals surface area contributed by atoms with Gasteiger partial charge in [0.25, 0.3) is 0 Å². The van der Waals surface area contributed by atoms with Gasteiger partial charge in [-0.05, 0) is 18.4 Å². The Labute approximate surface area is 77.6 Å². The summed E-state index contributed by atoms with van der Waals surface area (Å²) in [5, 5.41) is 0. The molecular weight excluding hydrogens is 164 g/mol. The van der Waals surface area contributed by atoms with E-state index in [4.69, 9.17) is 0 Å². The van der Waals surface area contributed by atoms with E-state index in [1.165, 1.54) is 5.57 Å². The van der Waals surface area contributed by atoms with Crippen molar-refractivity contribution in [1.29, 1.82) is 0 Å². The lowest BCUT2D eigenvalue weighted by atomic mass is 10.1. The number of hydrogen-bond acceptors (Lipinski definition) is 2. The summed E-state index contributed by atoms with van der Waals surface area (Å²) in [6.45, 7) is 2.05. The number of rotatable bonds is 3. The summed E-state index contributed by atoms with van der Waals surface area (Å²) < 4.78 is 0. The minimum Gasteiger partial charge on any atom is -0.294 e. The fourth-order valence-electron chi connectivity index (χ4n) is 1.16. The van der Waals surface area contributed by atoms with Gasteiger partial charge in [0, 0.05) is 5.57 Å². The maximum atomic E-state index is 11.0. The van der Waals surface area contributed by atoms with Gasteiger partial charge in [0.1, 0.15) is 0 Å². The molecule has 0 saturated carbocycles. The number of ketones is 1. The van der Waals surface area contributed by atoms with Crippen LogP contribution in [0.1, 0.15) is 19.8 Å². The summed E-state index contributed by atoms with van der Waals surface area (Å²) in [6.07, 6.45) is 9.38. The van der Waals surface area contributed by atoms with Crippen LogP contribution in [0.4, 0.5) is 0 Å². The third-order valence-electron chi connectivity index (χ3n) is 2.00. The molecule has 13 heavy (non-hydrogen) atoms. The molecule has 0 spiro atoms. The first-order valence-corrected chi connectivity index (χ1v) is 4.33. The molecule has 1 aliphatic carbocycles. The smallest absolute Gasteiger partial charge is 0.221 e. The molecule has 0 radical (unpaired) electrons. The number of hydrogen-bond donors (Lipinski definition) is 0. The van der Waals surface area contributed by atoms with Crippen LogP contribution >= 0.6 is 0 Å². The highest BCUT2D eigenvalue weighted by atomic mass is 16.2. The van der Waals surface area contributed by atoms with Crippen molar-refractivity contribution < 1.29 is 9.59 Å². The lowest BCUT2D eigenvalue weighted by Gasteiger charge is -1.92. The molecule has 1 rings (SSSR count). The van der Waals surface area contributed by atoms with Gasteiger partial charge in [0.15, 0.2) is 6.29 Å². The molecule has 0 bridgehead atoms. The van der Waals surface area contributed by atoms with E-state index < -0.39 is 5.78 Å². The summed E-state index contributed by atoms with van der Waals surface area (Å²) >= 11 is 0. The molecule has 2 heteroatoms. The van der Waals surface area contributed by atoms with Gasteiger partial charge in [-0.3, -0.25) is 9.59 Å². The van der Waals surface area contributed by atoms with Gasteiger partial charge < -0.3 is 0 Å². The van der Waals surface area contributed by atoms with Crippen LogP contribution in [-0.4, -0.2) is 12.1 Å². The normalized spacial score (nSPS) is 15.8. The molecule has 0 aromatic heterocycles. The Hall–Kier alpha value is -1.44. The van der Waals surface area contributed by atoms with Crippen LogP contribution in [0.25, 0.3) is 0 Å². The molecule has 0 atom stereocenters. The quantitative estimate of drug-likeness (QED) is 0.486. The van der Waals surface area contributed by atoms with E-state index in [2.05, 4.69) is 6.92 Å². The van der Waals surface area contributed by atoms with Crippen molar-refractivity contribution in [3.05, 3.63) is 35.5 Å². The highest BCUT2D eigenvalue weighted by Crippen LogP contribution is 2.13. The van der Waals surface area contributed by atoms with Crippen molar-refractivity contribution in [3.8, 4) is 0 Å². The Morgan fingerprint density at radius 2 is 2.31 bits per heavy atom. The van der Waals surface area contributed by atoms with Crippen molar-refractivity contribution in [3.63, 3.8) is 0 Å². The molecule has 2 nitrogen and oxygen atoms in total. The van der Waals surface area contributed by atoms with E-state index >= 15 is 0 Å². The van der Waals surface area contributed by atoms with Crippen molar-refractivity contribution in [2.24, 2.45) is 0 Å². The lowest BCUT2D eigenvalue weighted by Crippen LogP contribution is -2.01. The van der Waals surface area contributed by atoms with E-state index in [0.29, 0.717) is 18.3 Å². The summed E-state index contributed by atoms with van der Waals surface area (Å²) in [7, 11) is 0. The molecule has 0 aromatic rings. The standard InChI is InChI=1S/C11H12O2/c1-2-9-4-3-5-10(7-6-9)11(13)8-12/h3-4,6-8H,2,5H2,1H3. The molecule has 0 heterocycles. The molecule has 0 fully saturated rings. The monoisotopic (exact) mass is 176 g/mol. The SMILES string of the molecule is CCC1=CC=C(C(=O)C=O)CC=C1. The highest BCUT2D eigenvalue weighted by Gasteiger charge is 2.06. The first kappa shape index (κ1) is 9.65. The van der Waals surface area contributed by atoms with Gasteiger partial charge in [-0.2, -0.15) is 0 Å². The minimum absolute atomic E-state index is 0.366. The van der Waals surface area contributed by atoms with E-state index in [1.54, 1.807) is 6.08 Å². The zero-order valence-electron chi connectivity index (χ0n) is 7.62. The van der Waals surface area contributed by atoms with Crippen LogP contribution in [0.3, 0.4) is 0 Å². The van der Waals surface area contributed by atoms with Gasteiger partial charge in [-0.1, -0.05) is 31.2 Å². The van der Waals surface area contributed by atoms with Crippen LogP contribution in [0.5, 0.6) is 0 Å². The Bertz CT molecular complexity index is 306. The Morgan fingerprint density at radius 3 is 2.92 bits per heavy atom. The third-order valence-corrected chi connectivity index (χ3v) is 2.00. The van der Waals surface area contributed by atoms with Gasteiger partial charge in [-0.15, -0.1) is 0 Å². The number of allylic oxidation sites excluding steroid dienone is 6. The second kappa shape index (κ2) is 4.55. The molecule has 1 aliphatic rings. The maximum Gasteiger partial charge on any atom is 0.221 e. The maximum absolute atomic E-state index is 11.0. The van der Waals surface area contributed by atoms with Gasteiger partial charge in [0.2, 0.25) is 5.78 Å². The summed E-state index contributed by atoms with van der Waals surface area (Å²) in [5.41, 5.74) is 1.74. The van der Waals surface area contributed by atoms with Crippen LogP contribution in [0.2, 0.25) is 0 Å². The fourth-order valence-corrected chi connectivity index (χ4v) is 1.16. The topological polar surface area (TPSA) is 34.1 Å². The number of carbonyl (C=O) groups is 2. The van der Waals surface area contributed by atoms with E-state index in [9.17, 15) is 9.59 Å². The summed E-state index contributed by atoms with van der Waals surface area (Å²) in [4.78, 5) is 21.2. The van der Waals surface area contributed by atoms with Crippen LogP contribution in [-0.2, 0) is 9.59 Å². The largest absolute Gasteiger partial charge is 0.294 e. The Morgan fingerprint density at radius 1 is 1.54 bits per heavy atom. The number of aldehydes is 1. The second-order valence-electron chi connectivity index (χ2n) is 2.88. The van der Waals surface area contributed by atoms with Crippen molar-refractivity contribution in [2.45, 2.75) is 19.8 Å². The van der Waals surface area contributed by atoms with Crippen LogP contribution in [0.15, 0.2) is 35.5 Å². The molecule has 0 amide bonds. The van der Waals surface area contributed by atoms with Crippen molar-refractivity contribution in [2.75, 3.05) is 0 Å². The summed E-state index contributed by atoms with van der Waals surface area (Å²) in [6, 6.07) is 0. The average Bonchev–Trinajstić information content (AvgIpc) is 2.41. The van der Waals surface area contributed by atoms with Crippen LogP contribution in [0, 0.1) is 0 Å². The molecule has 0 aromatic carbocycles. The first-order valence-electron chi connectivity index (χ1n) is 4.33. The van der Waals surface area contributed by atoms with Gasteiger partial charge in [0.05, 0.1) is 0 Å². The van der Waals surface area contributed by atoms with Gasteiger partial charge >= 0.3 is 0 Å². The van der Waals surface area contributed by atoms with Crippen molar-refractivity contribution >= 4 is 12.1 Å².